The monoisotopic (exact) mass is 266 g/mol. The number of methoxy groups -OCH3 is 1. The van der Waals surface area contributed by atoms with Crippen LogP contribution < -0.4 is 0 Å². The first-order chi connectivity index (χ1) is 9.06. The van der Waals surface area contributed by atoms with E-state index in [1.54, 1.807) is 0 Å². The summed E-state index contributed by atoms with van der Waals surface area (Å²) in [6, 6.07) is 3.42. The highest BCUT2D eigenvalue weighted by atomic mass is 19.2. The Kier molecular flexibility index (Phi) is 3.59. The summed E-state index contributed by atoms with van der Waals surface area (Å²) in [5.41, 5.74) is 1.11. The zero-order valence-corrected chi connectivity index (χ0v) is 10.5. The second kappa shape index (κ2) is 5.17. The minimum atomic E-state index is -0.966. The Morgan fingerprint density at radius 3 is 2.68 bits per heavy atom. The number of aromatic nitrogens is 2. The van der Waals surface area contributed by atoms with Crippen molar-refractivity contribution in [2.24, 2.45) is 0 Å². The number of H-pyrrole nitrogens is 1. The maximum absolute atomic E-state index is 13.2. The van der Waals surface area contributed by atoms with Crippen LogP contribution in [0.3, 0.4) is 0 Å². The summed E-state index contributed by atoms with van der Waals surface area (Å²) >= 11 is 0. The zero-order chi connectivity index (χ0) is 14.0. The Labute approximate surface area is 108 Å². The average molecular weight is 266 g/mol. The van der Waals surface area contributed by atoms with Crippen molar-refractivity contribution in [3.63, 3.8) is 0 Å². The summed E-state index contributed by atoms with van der Waals surface area (Å²) < 4.78 is 30.7. The van der Waals surface area contributed by atoms with E-state index in [0.717, 1.165) is 12.1 Å². The quantitative estimate of drug-likeness (QED) is 0.869. The molecule has 0 bridgehead atoms. The van der Waals surface area contributed by atoms with Crippen LogP contribution in [0.5, 0.6) is 0 Å². The molecule has 0 atom stereocenters. The van der Waals surface area contributed by atoms with Crippen molar-refractivity contribution in [1.82, 2.24) is 9.97 Å². The minimum Gasteiger partial charge on any atom is -0.464 e. The normalized spacial score (nSPS) is 10.5. The van der Waals surface area contributed by atoms with Crippen molar-refractivity contribution in [3.8, 4) is 11.4 Å². The molecule has 19 heavy (non-hydrogen) atoms. The number of aryl methyl sites for hydroxylation is 1. The van der Waals surface area contributed by atoms with Crippen LogP contribution in [0, 0.1) is 11.6 Å². The van der Waals surface area contributed by atoms with Crippen LogP contribution in [-0.4, -0.2) is 23.0 Å². The Morgan fingerprint density at radius 2 is 2.11 bits per heavy atom. The van der Waals surface area contributed by atoms with Gasteiger partial charge in [0, 0.05) is 11.3 Å². The number of benzene rings is 1. The molecular formula is C13H12F2N2O2. The molecule has 1 heterocycles. The van der Waals surface area contributed by atoms with Gasteiger partial charge in [-0.2, -0.15) is 0 Å². The fraction of sp³-hybridized carbons (Fsp3) is 0.231. The van der Waals surface area contributed by atoms with E-state index in [1.807, 2.05) is 6.92 Å². The number of nitrogens with one attached hydrogen (secondary N) is 1. The third kappa shape index (κ3) is 2.47. The highest BCUT2D eigenvalue weighted by Crippen LogP contribution is 2.21. The van der Waals surface area contributed by atoms with Gasteiger partial charge >= 0.3 is 5.97 Å². The molecule has 0 aliphatic heterocycles. The second-order valence-corrected chi connectivity index (χ2v) is 3.89. The number of hydrogen-bond donors (Lipinski definition) is 1. The fourth-order valence-electron chi connectivity index (χ4n) is 1.71. The highest BCUT2D eigenvalue weighted by molar-refractivity contribution is 5.89. The third-order valence-electron chi connectivity index (χ3n) is 2.70. The highest BCUT2D eigenvalue weighted by Gasteiger charge is 2.18. The predicted molar refractivity (Wildman–Crippen MR) is 64.7 cm³/mol. The number of carbonyl (C=O) groups excluding carboxylic acids is 1. The molecule has 2 aromatic rings. The molecule has 1 N–H and O–H groups in total. The smallest absolute Gasteiger partial charge is 0.358 e. The van der Waals surface area contributed by atoms with Gasteiger partial charge in [-0.15, -0.1) is 0 Å². The first kappa shape index (κ1) is 13.2. The lowest BCUT2D eigenvalue weighted by Crippen LogP contribution is -2.04. The number of aromatic amines is 1. The molecule has 6 heteroatoms. The first-order valence-corrected chi connectivity index (χ1v) is 5.69. The van der Waals surface area contributed by atoms with Crippen LogP contribution in [0.1, 0.15) is 23.1 Å². The Morgan fingerprint density at radius 1 is 1.37 bits per heavy atom. The van der Waals surface area contributed by atoms with Crippen molar-refractivity contribution < 1.29 is 18.3 Å². The van der Waals surface area contributed by atoms with Gasteiger partial charge in [-0.3, -0.25) is 0 Å². The fourth-order valence-corrected chi connectivity index (χ4v) is 1.71. The number of nitrogens with zero attached hydrogens (tertiary/aromatic N) is 1. The summed E-state index contributed by atoms with van der Waals surface area (Å²) in [6.07, 6.45) is 0.543. The summed E-state index contributed by atoms with van der Waals surface area (Å²) in [7, 11) is 1.26. The number of esters is 1. The van der Waals surface area contributed by atoms with Gasteiger partial charge < -0.3 is 9.72 Å². The van der Waals surface area contributed by atoms with Crippen LogP contribution in [0.2, 0.25) is 0 Å². The first-order valence-electron chi connectivity index (χ1n) is 5.69. The maximum atomic E-state index is 13.2. The van der Waals surface area contributed by atoms with Crippen LogP contribution in [0.4, 0.5) is 8.78 Å². The minimum absolute atomic E-state index is 0.157. The summed E-state index contributed by atoms with van der Waals surface area (Å²) in [6.45, 7) is 1.84. The van der Waals surface area contributed by atoms with E-state index in [-0.39, 0.29) is 5.69 Å². The number of carbonyl (C=O) groups is 1. The molecule has 100 valence electrons. The van der Waals surface area contributed by atoms with Gasteiger partial charge in [-0.25, -0.2) is 18.6 Å². The molecule has 0 amide bonds. The Bertz CT molecular complexity index is 623. The van der Waals surface area contributed by atoms with Crippen molar-refractivity contribution in [2.45, 2.75) is 13.3 Å². The molecule has 0 spiro atoms. The van der Waals surface area contributed by atoms with Crippen LogP contribution in [0.15, 0.2) is 18.2 Å². The Hall–Kier alpha value is -2.24. The van der Waals surface area contributed by atoms with Crippen molar-refractivity contribution >= 4 is 5.97 Å². The lowest BCUT2D eigenvalue weighted by atomic mass is 10.2. The second-order valence-electron chi connectivity index (χ2n) is 3.89. The van der Waals surface area contributed by atoms with Gasteiger partial charge in [0.25, 0.3) is 0 Å². The number of halogens is 2. The third-order valence-corrected chi connectivity index (χ3v) is 2.70. The molecule has 0 aliphatic rings. The van der Waals surface area contributed by atoms with Gasteiger partial charge in [-0.1, -0.05) is 6.92 Å². The van der Waals surface area contributed by atoms with Gasteiger partial charge in [0.1, 0.15) is 5.82 Å². The number of imidazole rings is 1. The number of rotatable bonds is 3. The van der Waals surface area contributed by atoms with E-state index in [4.69, 9.17) is 0 Å². The topological polar surface area (TPSA) is 55.0 Å². The summed E-state index contributed by atoms with van der Waals surface area (Å²) in [5.74, 6) is -2.16. The van der Waals surface area contributed by atoms with Crippen LogP contribution in [-0.2, 0) is 11.2 Å². The van der Waals surface area contributed by atoms with Crippen LogP contribution in [0.25, 0.3) is 11.4 Å². The van der Waals surface area contributed by atoms with E-state index in [0.29, 0.717) is 23.5 Å². The lowest BCUT2D eigenvalue weighted by Gasteiger charge is -1.97. The maximum Gasteiger partial charge on any atom is 0.358 e. The average Bonchev–Trinajstić information content (AvgIpc) is 2.85. The molecule has 0 saturated carbocycles. The van der Waals surface area contributed by atoms with Crippen LogP contribution >= 0.6 is 0 Å². The molecular weight excluding hydrogens is 254 g/mol. The van der Waals surface area contributed by atoms with Gasteiger partial charge in [0.2, 0.25) is 0 Å². The van der Waals surface area contributed by atoms with E-state index < -0.39 is 17.6 Å². The number of ether oxygens (including phenoxy) is 1. The van der Waals surface area contributed by atoms with E-state index in [9.17, 15) is 13.6 Å². The summed E-state index contributed by atoms with van der Waals surface area (Å²) in [4.78, 5) is 18.5. The molecule has 0 unspecified atom stereocenters. The van der Waals surface area contributed by atoms with E-state index in [2.05, 4.69) is 14.7 Å². The molecule has 0 fully saturated rings. The van der Waals surface area contributed by atoms with E-state index >= 15 is 0 Å². The predicted octanol–water partition coefficient (Wildman–Crippen LogP) is 2.70. The van der Waals surface area contributed by atoms with Crippen molar-refractivity contribution in [1.29, 1.82) is 0 Å². The van der Waals surface area contributed by atoms with Crippen molar-refractivity contribution in [2.75, 3.05) is 7.11 Å². The van der Waals surface area contributed by atoms with Crippen molar-refractivity contribution in [3.05, 3.63) is 41.2 Å². The molecule has 1 aromatic heterocycles. The zero-order valence-electron chi connectivity index (χ0n) is 10.5. The molecule has 0 radical (unpaired) electrons. The largest absolute Gasteiger partial charge is 0.464 e. The molecule has 2 rings (SSSR count). The lowest BCUT2D eigenvalue weighted by molar-refractivity contribution is 0.0593. The molecule has 4 nitrogen and oxygen atoms in total. The SMILES string of the molecule is CCc1[nH]c(-c2ccc(F)c(F)c2)nc1C(=O)OC. The van der Waals surface area contributed by atoms with Gasteiger partial charge in [0.05, 0.1) is 7.11 Å². The van der Waals surface area contributed by atoms with E-state index in [1.165, 1.54) is 13.2 Å². The van der Waals surface area contributed by atoms with Gasteiger partial charge in [0.15, 0.2) is 17.3 Å². The Balaban J connectivity index is 2.48. The van der Waals surface area contributed by atoms with Gasteiger partial charge in [-0.05, 0) is 24.6 Å². The number of hydrogen-bond acceptors (Lipinski definition) is 3. The molecule has 0 saturated heterocycles. The molecule has 0 aliphatic carbocycles. The molecule has 1 aromatic carbocycles. The standard InChI is InChI=1S/C13H12F2N2O2/c1-3-10-11(13(18)19-2)17-12(16-10)7-4-5-8(14)9(15)6-7/h4-6H,3H2,1-2H3,(H,16,17). The summed E-state index contributed by atoms with van der Waals surface area (Å²) in [5, 5.41) is 0.